The van der Waals surface area contributed by atoms with Gasteiger partial charge in [-0.25, -0.2) is 0 Å². The van der Waals surface area contributed by atoms with Crippen molar-refractivity contribution in [3.63, 3.8) is 0 Å². The Bertz CT molecular complexity index is 661. The molecule has 0 saturated heterocycles. The highest BCUT2D eigenvalue weighted by molar-refractivity contribution is 5.84. The minimum atomic E-state index is -0.693. The molecule has 21 heavy (non-hydrogen) atoms. The molecule has 0 saturated carbocycles. The fraction of sp³-hybridized carbons (Fsp3) is 0.353. The summed E-state index contributed by atoms with van der Waals surface area (Å²) in [7, 11) is 1.63. The normalized spacial score (nSPS) is 15.2. The summed E-state index contributed by atoms with van der Waals surface area (Å²) < 4.78 is 10.8. The van der Waals surface area contributed by atoms with Crippen molar-refractivity contribution in [1.29, 1.82) is 5.26 Å². The smallest absolute Gasteiger partial charge is 0.169 e. The molecule has 0 aromatic heterocycles. The Labute approximate surface area is 124 Å². The molecule has 0 heterocycles. The topological polar surface area (TPSA) is 62.5 Å². The summed E-state index contributed by atoms with van der Waals surface area (Å²) in [4.78, 5) is 0. The van der Waals surface area contributed by atoms with Crippen LogP contribution in [0.25, 0.3) is 10.8 Å². The van der Waals surface area contributed by atoms with Crippen molar-refractivity contribution in [3.8, 4) is 11.8 Å². The number of ether oxygens (including phenoxy) is 2. The van der Waals surface area contributed by atoms with E-state index in [1.165, 1.54) is 0 Å². The lowest BCUT2D eigenvalue weighted by Gasteiger charge is -2.20. The molecule has 0 aliphatic heterocycles. The van der Waals surface area contributed by atoms with Crippen LogP contribution in [0.4, 0.5) is 0 Å². The number of nitriles is 1. The minimum Gasteiger partial charge on any atom is -0.497 e. The maximum Gasteiger partial charge on any atom is 0.169 e. The fourth-order valence-corrected chi connectivity index (χ4v) is 2.04. The van der Waals surface area contributed by atoms with Crippen molar-refractivity contribution < 1.29 is 14.6 Å². The molecule has 0 spiro atoms. The predicted octanol–water partition coefficient (Wildman–Crippen LogP) is 3.20. The first-order valence-electron chi connectivity index (χ1n) is 6.86. The molecule has 0 aliphatic carbocycles. The van der Waals surface area contributed by atoms with E-state index in [0.29, 0.717) is 0 Å². The minimum absolute atomic E-state index is 0.402. The Kier molecular flexibility index (Phi) is 4.79. The van der Waals surface area contributed by atoms with Crippen molar-refractivity contribution in [2.75, 3.05) is 7.11 Å². The summed E-state index contributed by atoms with van der Waals surface area (Å²) >= 11 is 0. The number of aliphatic hydroxyl groups excluding tert-OH is 1. The Balaban J connectivity index is 2.30. The van der Waals surface area contributed by atoms with Crippen molar-refractivity contribution in [2.45, 2.75) is 32.2 Å². The number of benzene rings is 2. The van der Waals surface area contributed by atoms with Crippen molar-refractivity contribution >= 4 is 10.8 Å². The molecule has 0 amide bonds. The lowest BCUT2D eigenvalue weighted by Crippen LogP contribution is -2.24. The second-order valence-corrected chi connectivity index (χ2v) is 5.06. The van der Waals surface area contributed by atoms with E-state index >= 15 is 0 Å². The molecule has 110 valence electrons. The summed E-state index contributed by atoms with van der Waals surface area (Å²) in [6, 6.07) is 13.6. The number of fused-ring (bicyclic) bond motifs is 1. The maximum atomic E-state index is 9.49. The van der Waals surface area contributed by atoms with Crippen molar-refractivity contribution in [2.24, 2.45) is 0 Å². The lowest BCUT2D eigenvalue weighted by molar-refractivity contribution is -0.0425. The van der Waals surface area contributed by atoms with E-state index in [-0.39, 0.29) is 0 Å². The molecule has 3 atom stereocenters. The lowest BCUT2D eigenvalue weighted by atomic mass is 10.0. The Hall–Kier alpha value is -2.09. The zero-order chi connectivity index (χ0) is 15.4. The molecule has 3 unspecified atom stereocenters. The highest BCUT2D eigenvalue weighted by atomic mass is 16.5. The number of methoxy groups -OCH3 is 1. The molecule has 0 bridgehead atoms. The highest BCUT2D eigenvalue weighted by Crippen LogP contribution is 2.26. The summed E-state index contributed by atoms with van der Waals surface area (Å²) in [6.45, 7) is 3.40. The number of hydrogen-bond acceptors (Lipinski definition) is 4. The molecule has 2 aromatic rings. The average Bonchev–Trinajstić information content (AvgIpc) is 2.51. The summed E-state index contributed by atoms with van der Waals surface area (Å²) in [5.41, 5.74) is 0.780. The number of hydrogen-bond donors (Lipinski definition) is 1. The summed E-state index contributed by atoms with van der Waals surface area (Å²) in [6.07, 6.45) is -1.71. The second kappa shape index (κ2) is 6.57. The van der Waals surface area contributed by atoms with Crippen LogP contribution in [0.2, 0.25) is 0 Å². The first kappa shape index (κ1) is 15.3. The van der Waals surface area contributed by atoms with E-state index in [1.807, 2.05) is 36.4 Å². The first-order valence-corrected chi connectivity index (χ1v) is 6.86. The molecule has 2 aromatic carbocycles. The third-order valence-electron chi connectivity index (χ3n) is 3.52. The van der Waals surface area contributed by atoms with Crippen LogP contribution in [-0.4, -0.2) is 24.4 Å². The van der Waals surface area contributed by atoms with Gasteiger partial charge in [0.25, 0.3) is 0 Å². The van der Waals surface area contributed by atoms with Gasteiger partial charge in [0.1, 0.15) is 5.75 Å². The van der Waals surface area contributed by atoms with Gasteiger partial charge in [0, 0.05) is 0 Å². The van der Waals surface area contributed by atoms with E-state index in [4.69, 9.17) is 9.47 Å². The molecule has 0 aliphatic rings. The Morgan fingerprint density at radius 1 is 1.10 bits per heavy atom. The van der Waals surface area contributed by atoms with E-state index < -0.39 is 18.3 Å². The van der Waals surface area contributed by atoms with Gasteiger partial charge in [-0.15, -0.1) is 0 Å². The molecule has 0 radical (unpaired) electrons. The average molecular weight is 285 g/mol. The molecular formula is C17H19NO3. The molecule has 1 N–H and O–H groups in total. The van der Waals surface area contributed by atoms with Gasteiger partial charge in [-0.3, -0.25) is 0 Å². The highest BCUT2D eigenvalue weighted by Gasteiger charge is 2.18. The van der Waals surface area contributed by atoms with Gasteiger partial charge in [-0.05, 0) is 48.4 Å². The van der Waals surface area contributed by atoms with Gasteiger partial charge in [-0.1, -0.05) is 18.2 Å². The van der Waals surface area contributed by atoms with Gasteiger partial charge in [0.2, 0.25) is 0 Å². The summed E-state index contributed by atoms with van der Waals surface area (Å²) in [5, 5.41) is 20.8. The van der Waals surface area contributed by atoms with Crippen molar-refractivity contribution in [1.82, 2.24) is 0 Å². The first-order chi connectivity index (χ1) is 10.0. The van der Waals surface area contributed by atoms with Crippen LogP contribution in [0, 0.1) is 11.3 Å². The van der Waals surface area contributed by atoms with Crippen molar-refractivity contribution in [3.05, 3.63) is 42.0 Å². The number of rotatable bonds is 5. The quantitative estimate of drug-likeness (QED) is 0.916. The standard InChI is InChI=1S/C17H19NO3/c1-11(19)12(2)21-17(10-18)15-5-4-14-9-16(20-3)7-6-13(14)8-15/h4-9,11-12,17,19H,1-3H3. The largest absolute Gasteiger partial charge is 0.497 e. The van der Waals surface area contributed by atoms with Crippen LogP contribution < -0.4 is 4.74 Å². The van der Waals surface area contributed by atoms with Crippen LogP contribution in [-0.2, 0) is 4.74 Å². The van der Waals surface area contributed by atoms with Crippen LogP contribution in [0.1, 0.15) is 25.5 Å². The van der Waals surface area contributed by atoms with E-state index in [2.05, 4.69) is 6.07 Å². The fourth-order valence-electron chi connectivity index (χ4n) is 2.04. The summed E-state index contributed by atoms with van der Waals surface area (Å²) in [5.74, 6) is 0.797. The van der Waals surface area contributed by atoms with Gasteiger partial charge in [-0.2, -0.15) is 5.26 Å². The van der Waals surface area contributed by atoms with E-state index in [0.717, 1.165) is 22.1 Å². The number of nitrogens with zero attached hydrogens (tertiary/aromatic N) is 1. The van der Waals surface area contributed by atoms with Gasteiger partial charge < -0.3 is 14.6 Å². The van der Waals surface area contributed by atoms with Crippen LogP contribution in [0.15, 0.2) is 36.4 Å². The molecule has 4 heteroatoms. The molecule has 2 rings (SSSR count). The van der Waals surface area contributed by atoms with E-state index in [9.17, 15) is 10.4 Å². The zero-order valence-corrected chi connectivity index (χ0v) is 12.4. The van der Waals surface area contributed by atoms with Gasteiger partial charge in [0.05, 0.1) is 25.4 Å². The molecule has 4 nitrogen and oxygen atoms in total. The zero-order valence-electron chi connectivity index (χ0n) is 12.4. The van der Waals surface area contributed by atoms with Crippen LogP contribution in [0.3, 0.4) is 0 Å². The van der Waals surface area contributed by atoms with E-state index in [1.54, 1.807) is 21.0 Å². The monoisotopic (exact) mass is 285 g/mol. The maximum absolute atomic E-state index is 9.49. The van der Waals surface area contributed by atoms with Gasteiger partial charge in [0.15, 0.2) is 6.10 Å². The number of aliphatic hydroxyl groups is 1. The Morgan fingerprint density at radius 3 is 2.38 bits per heavy atom. The third kappa shape index (κ3) is 3.52. The molecular weight excluding hydrogens is 266 g/mol. The molecule has 0 fully saturated rings. The van der Waals surface area contributed by atoms with Crippen LogP contribution in [0.5, 0.6) is 5.75 Å². The van der Waals surface area contributed by atoms with Crippen LogP contribution >= 0.6 is 0 Å². The third-order valence-corrected chi connectivity index (χ3v) is 3.52. The predicted molar refractivity (Wildman–Crippen MR) is 81.1 cm³/mol. The SMILES string of the molecule is COc1ccc2cc(C(C#N)OC(C)C(C)O)ccc2c1. The van der Waals surface area contributed by atoms with Gasteiger partial charge >= 0.3 is 0 Å². The Morgan fingerprint density at radius 2 is 1.76 bits per heavy atom. The second-order valence-electron chi connectivity index (χ2n) is 5.06.